The standard InChI is InChI=1S/C18H16ClNO5/c19-13-5-3-4-12(8-13)18(22)24-11-17(21)20-9-14-10-23-15-6-1-2-7-16(15)25-14/h1-8,14H,9-11H2,(H,20,21)/t14-/m0/s1. The summed E-state index contributed by atoms with van der Waals surface area (Å²) < 4.78 is 16.2. The van der Waals surface area contributed by atoms with Gasteiger partial charge in [0.05, 0.1) is 12.1 Å². The van der Waals surface area contributed by atoms with E-state index in [0.29, 0.717) is 28.7 Å². The molecule has 1 heterocycles. The molecule has 130 valence electrons. The third-order valence-electron chi connectivity index (χ3n) is 3.49. The molecule has 1 aliphatic heterocycles. The maximum Gasteiger partial charge on any atom is 0.338 e. The monoisotopic (exact) mass is 361 g/mol. The quantitative estimate of drug-likeness (QED) is 0.828. The number of rotatable bonds is 5. The van der Waals surface area contributed by atoms with Crippen LogP contribution in [0.3, 0.4) is 0 Å². The summed E-state index contributed by atoms with van der Waals surface area (Å²) in [4.78, 5) is 23.7. The lowest BCUT2D eigenvalue weighted by Crippen LogP contribution is -2.42. The molecule has 0 saturated carbocycles. The summed E-state index contributed by atoms with van der Waals surface area (Å²) in [6.07, 6.45) is -0.303. The zero-order chi connectivity index (χ0) is 17.6. The van der Waals surface area contributed by atoms with E-state index in [9.17, 15) is 9.59 Å². The number of nitrogens with one attached hydrogen (secondary N) is 1. The molecular weight excluding hydrogens is 346 g/mol. The van der Waals surface area contributed by atoms with Crippen LogP contribution in [0, 0.1) is 0 Å². The first-order valence-electron chi connectivity index (χ1n) is 7.69. The summed E-state index contributed by atoms with van der Waals surface area (Å²) in [5, 5.41) is 3.08. The summed E-state index contributed by atoms with van der Waals surface area (Å²) >= 11 is 5.81. The Morgan fingerprint density at radius 1 is 1.16 bits per heavy atom. The van der Waals surface area contributed by atoms with Crippen LogP contribution in [0.2, 0.25) is 5.02 Å². The van der Waals surface area contributed by atoms with E-state index >= 15 is 0 Å². The van der Waals surface area contributed by atoms with Crippen LogP contribution in [0.4, 0.5) is 0 Å². The number of hydrogen-bond donors (Lipinski definition) is 1. The fourth-order valence-electron chi connectivity index (χ4n) is 2.27. The van der Waals surface area contributed by atoms with Crippen LogP contribution in [0.5, 0.6) is 11.5 Å². The number of carbonyl (C=O) groups excluding carboxylic acids is 2. The number of carbonyl (C=O) groups is 2. The molecule has 0 spiro atoms. The van der Waals surface area contributed by atoms with E-state index in [-0.39, 0.29) is 19.3 Å². The molecule has 0 aromatic heterocycles. The van der Waals surface area contributed by atoms with Gasteiger partial charge < -0.3 is 19.5 Å². The van der Waals surface area contributed by atoms with Crippen molar-refractivity contribution in [2.75, 3.05) is 19.8 Å². The Kier molecular flexibility index (Phi) is 5.40. The first-order valence-corrected chi connectivity index (χ1v) is 8.07. The molecule has 6 nitrogen and oxygen atoms in total. The van der Waals surface area contributed by atoms with Gasteiger partial charge in [0.15, 0.2) is 18.1 Å². The maximum absolute atomic E-state index is 11.8. The normalized spacial score (nSPS) is 15.3. The topological polar surface area (TPSA) is 73.9 Å². The molecule has 3 rings (SSSR count). The van der Waals surface area contributed by atoms with Crippen LogP contribution >= 0.6 is 11.6 Å². The molecule has 0 saturated heterocycles. The molecule has 2 aromatic rings. The molecule has 1 atom stereocenters. The number of benzene rings is 2. The van der Waals surface area contributed by atoms with Gasteiger partial charge in [0.25, 0.3) is 5.91 Å². The second-order valence-corrected chi connectivity index (χ2v) is 5.82. The van der Waals surface area contributed by atoms with Crippen molar-refractivity contribution in [3.8, 4) is 11.5 Å². The van der Waals surface area contributed by atoms with Crippen molar-refractivity contribution in [3.05, 3.63) is 59.1 Å². The van der Waals surface area contributed by atoms with E-state index in [0.717, 1.165) is 0 Å². The summed E-state index contributed by atoms with van der Waals surface area (Å²) in [6, 6.07) is 13.7. The van der Waals surface area contributed by atoms with Crippen LogP contribution in [-0.4, -0.2) is 37.7 Å². The summed E-state index contributed by atoms with van der Waals surface area (Å²) in [5.74, 6) is 0.294. The van der Waals surface area contributed by atoms with E-state index < -0.39 is 11.9 Å². The molecule has 2 aromatic carbocycles. The largest absolute Gasteiger partial charge is 0.486 e. The smallest absolute Gasteiger partial charge is 0.338 e. The van der Waals surface area contributed by atoms with E-state index in [2.05, 4.69) is 5.32 Å². The van der Waals surface area contributed by atoms with Crippen molar-refractivity contribution in [2.45, 2.75) is 6.10 Å². The Morgan fingerprint density at radius 3 is 2.76 bits per heavy atom. The van der Waals surface area contributed by atoms with Gasteiger partial charge in [0.2, 0.25) is 0 Å². The van der Waals surface area contributed by atoms with Crippen molar-refractivity contribution in [1.29, 1.82) is 0 Å². The number of halogens is 1. The Hall–Kier alpha value is -2.73. The molecule has 0 unspecified atom stereocenters. The van der Waals surface area contributed by atoms with Crippen molar-refractivity contribution in [3.63, 3.8) is 0 Å². The van der Waals surface area contributed by atoms with Gasteiger partial charge >= 0.3 is 5.97 Å². The van der Waals surface area contributed by atoms with Gasteiger partial charge in [-0.25, -0.2) is 4.79 Å². The van der Waals surface area contributed by atoms with Crippen LogP contribution in [0.1, 0.15) is 10.4 Å². The summed E-state index contributed by atoms with van der Waals surface area (Å²) in [7, 11) is 0. The molecule has 0 radical (unpaired) electrons. The second kappa shape index (κ2) is 7.90. The number of hydrogen-bond acceptors (Lipinski definition) is 5. The SMILES string of the molecule is O=C(COC(=O)c1cccc(Cl)c1)NC[C@H]1COc2ccccc2O1. The highest BCUT2D eigenvalue weighted by Crippen LogP contribution is 2.30. The highest BCUT2D eigenvalue weighted by Gasteiger charge is 2.21. The lowest BCUT2D eigenvalue weighted by molar-refractivity contribution is -0.124. The molecule has 1 N–H and O–H groups in total. The average Bonchev–Trinajstić information content (AvgIpc) is 2.64. The Labute approximate surface area is 149 Å². The highest BCUT2D eigenvalue weighted by molar-refractivity contribution is 6.30. The Balaban J connectivity index is 1.42. The van der Waals surface area contributed by atoms with E-state index in [1.807, 2.05) is 18.2 Å². The van der Waals surface area contributed by atoms with Gasteiger partial charge in [0, 0.05) is 5.02 Å². The van der Waals surface area contributed by atoms with E-state index in [1.54, 1.807) is 24.3 Å². The average molecular weight is 362 g/mol. The first-order chi connectivity index (χ1) is 12.1. The fraction of sp³-hybridized carbons (Fsp3) is 0.222. The predicted molar refractivity (Wildman–Crippen MR) is 91.1 cm³/mol. The number of amides is 1. The molecule has 1 amide bonds. The van der Waals surface area contributed by atoms with Crippen LogP contribution < -0.4 is 14.8 Å². The van der Waals surface area contributed by atoms with Gasteiger partial charge in [-0.05, 0) is 30.3 Å². The summed E-state index contributed by atoms with van der Waals surface area (Å²) in [6.45, 7) is 0.205. The maximum atomic E-state index is 11.8. The van der Waals surface area contributed by atoms with Gasteiger partial charge in [-0.2, -0.15) is 0 Å². The Morgan fingerprint density at radius 2 is 1.96 bits per heavy atom. The zero-order valence-corrected chi connectivity index (χ0v) is 14.0. The van der Waals surface area contributed by atoms with Crippen molar-refractivity contribution >= 4 is 23.5 Å². The minimum atomic E-state index is -0.608. The van der Waals surface area contributed by atoms with Crippen molar-refractivity contribution < 1.29 is 23.8 Å². The summed E-state index contributed by atoms with van der Waals surface area (Å²) in [5.41, 5.74) is 0.293. The van der Waals surface area contributed by atoms with E-state index in [1.165, 1.54) is 6.07 Å². The zero-order valence-electron chi connectivity index (χ0n) is 13.2. The minimum absolute atomic E-state index is 0.252. The molecular formula is C18H16ClNO5. The van der Waals surface area contributed by atoms with Crippen LogP contribution in [0.25, 0.3) is 0 Å². The van der Waals surface area contributed by atoms with Crippen molar-refractivity contribution in [1.82, 2.24) is 5.32 Å². The van der Waals surface area contributed by atoms with Crippen LogP contribution in [-0.2, 0) is 9.53 Å². The third kappa shape index (κ3) is 4.64. The number of fused-ring (bicyclic) bond motifs is 1. The highest BCUT2D eigenvalue weighted by atomic mass is 35.5. The van der Waals surface area contributed by atoms with Gasteiger partial charge in [0.1, 0.15) is 12.7 Å². The number of para-hydroxylation sites is 2. The lowest BCUT2D eigenvalue weighted by atomic mass is 10.2. The first kappa shape index (κ1) is 17.1. The minimum Gasteiger partial charge on any atom is -0.486 e. The molecule has 7 heteroatoms. The molecule has 25 heavy (non-hydrogen) atoms. The van der Waals surface area contributed by atoms with Crippen LogP contribution in [0.15, 0.2) is 48.5 Å². The van der Waals surface area contributed by atoms with Crippen molar-refractivity contribution in [2.24, 2.45) is 0 Å². The van der Waals surface area contributed by atoms with Gasteiger partial charge in [-0.15, -0.1) is 0 Å². The number of esters is 1. The molecule has 0 aliphatic carbocycles. The molecule has 0 fully saturated rings. The molecule has 1 aliphatic rings. The van der Waals surface area contributed by atoms with Gasteiger partial charge in [-0.1, -0.05) is 29.8 Å². The fourth-order valence-corrected chi connectivity index (χ4v) is 2.46. The Bertz CT molecular complexity index is 780. The molecule has 0 bridgehead atoms. The third-order valence-corrected chi connectivity index (χ3v) is 3.72. The lowest BCUT2D eigenvalue weighted by Gasteiger charge is -2.26. The second-order valence-electron chi connectivity index (χ2n) is 5.39. The number of ether oxygens (including phenoxy) is 3. The van der Waals surface area contributed by atoms with Gasteiger partial charge in [-0.3, -0.25) is 4.79 Å². The van der Waals surface area contributed by atoms with E-state index in [4.69, 9.17) is 25.8 Å². The predicted octanol–water partition coefficient (Wildman–Crippen LogP) is 2.45.